The molecule has 0 saturated carbocycles. The average Bonchev–Trinajstić information content (AvgIpc) is 2.28. The van der Waals surface area contributed by atoms with Gasteiger partial charge in [-0.05, 0) is 42.6 Å². The van der Waals surface area contributed by atoms with Crippen LogP contribution >= 0.6 is 0 Å². The van der Waals surface area contributed by atoms with E-state index in [1.165, 1.54) is 11.3 Å². The van der Waals surface area contributed by atoms with E-state index >= 15 is 0 Å². The lowest BCUT2D eigenvalue weighted by atomic mass is 9.93. The molecule has 1 aliphatic heterocycles. The Bertz CT molecular complexity index is 351. The number of hydrogen-bond donors (Lipinski definition) is 1. The van der Waals surface area contributed by atoms with Gasteiger partial charge in [0.05, 0.1) is 7.11 Å². The number of hydrogen-bond acceptors (Lipinski definition) is 3. The maximum Gasteiger partial charge on any atom is 0.119 e. The third-order valence-corrected chi connectivity index (χ3v) is 3.07. The molecule has 0 spiro atoms. The van der Waals surface area contributed by atoms with Gasteiger partial charge in [-0.1, -0.05) is 0 Å². The minimum atomic E-state index is 0.564. The van der Waals surface area contributed by atoms with E-state index in [4.69, 9.17) is 10.5 Å². The van der Waals surface area contributed by atoms with Gasteiger partial charge in [-0.3, -0.25) is 0 Å². The van der Waals surface area contributed by atoms with Gasteiger partial charge >= 0.3 is 0 Å². The predicted molar refractivity (Wildman–Crippen MR) is 62.5 cm³/mol. The Morgan fingerprint density at radius 2 is 2.33 bits per heavy atom. The Hall–Kier alpha value is -1.22. The molecule has 0 saturated heterocycles. The molecule has 3 nitrogen and oxygen atoms in total. The molecule has 0 unspecified atom stereocenters. The van der Waals surface area contributed by atoms with Crippen molar-refractivity contribution in [2.75, 3.05) is 32.1 Å². The molecule has 82 valence electrons. The van der Waals surface area contributed by atoms with E-state index in [9.17, 15) is 0 Å². The van der Waals surface area contributed by atoms with Crippen molar-refractivity contribution in [2.45, 2.75) is 6.42 Å². The number of ether oxygens (including phenoxy) is 1. The highest BCUT2D eigenvalue weighted by atomic mass is 16.5. The Morgan fingerprint density at radius 1 is 1.53 bits per heavy atom. The fraction of sp³-hybridized carbons (Fsp3) is 0.500. The first-order chi connectivity index (χ1) is 7.24. The van der Waals surface area contributed by atoms with E-state index in [1.807, 2.05) is 6.07 Å². The molecule has 0 amide bonds. The zero-order valence-electron chi connectivity index (χ0n) is 9.36. The van der Waals surface area contributed by atoms with Gasteiger partial charge in [-0.25, -0.2) is 0 Å². The van der Waals surface area contributed by atoms with Crippen LogP contribution in [0.4, 0.5) is 5.69 Å². The Labute approximate surface area is 90.8 Å². The first-order valence-corrected chi connectivity index (χ1v) is 5.32. The first kappa shape index (κ1) is 10.3. The van der Waals surface area contributed by atoms with Crippen molar-refractivity contribution in [3.63, 3.8) is 0 Å². The number of nitrogens with zero attached hydrogens (tertiary/aromatic N) is 1. The Kier molecular flexibility index (Phi) is 2.82. The lowest BCUT2D eigenvalue weighted by Crippen LogP contribution is -2.36. The zero-order chi connectivity index (χ0) is 10.8. The van der Waals surface area contributed by atoms with Crippen LogP contribution < -0.4 is 15.4 Å². The third kappa shape index (κ3) is 1.92. The van der Waals surface area contributed by atoms with E-state index in [0.717, 1.165) is 25.3 Å². The summed E-state index contributed by atoms with van der Waals surface area (Å²) in [6.07, 6.45) is 1.06. The van der Waals surface area contributed by atoms with Crippen LogP contribution in [0.1, 0.15) is 5.56 Å². The van der Waals surface area contributed by atoms with Gasteiger partial charge in [0.15, 0.2) is 0 Å². The summed E-state index contributed by atoms with van der Waals surface area (Å²) in [5.74, 6) is 1.49. The van der Waals surface area contributed by atoms with Gasteiger partial charge in [0.25, 0.3) is 0 Å². The lowest BCUT2D eigenvalue weighted by Gasteiger charge is -2.33. The monoisotopic (exact) mass is 206 g/mol. The summed E-state index contributed by atoms with van der Waals surface area (Å²) in [5, 5.41) is 0. The summed E-state index contributed by atoms with van der Waals surface area (Å²) >= 11 is 0. The van der Waals surface area contributed by atoms with Crippen molar-refractivity contribution in [1.82, 2.24) is 0 Å². The molecule has 0 aromatic heterocycles. The van der Waals surface area contributed by atoms with Gasteiger partial charge in [0, 0.05) is 19.3 Å². The van der Waals surface area contributed by atoms with Gasteiger partial charge in [0.1, 0.15) is 5.75 Å². The smallest absolute Gasteiger partial charge is 0.119 e. The topological polar surface area (TPSA) is 38.5 Å². The van der Waals surface area contributed by atoms with E-state index in [-0.39, 0.29) is 0 Å². The zero-order valence-corrected chi connectivity index (χ0v) is 9.36. The molecule has 1 aromatic carbocycles. The second-order valence-corrected chi connectivity index (χ2v) is 4.18. The molecule has 0 bridgehead atoms. The Balaban J connectivity index is 2.33. The van der Waals surface area contributed by atoms with Crippen molar-refractivity contribution < 1.29 is 4.74 Å². The lowest BCUT2D eigenvalue weighted by molar-refractivity contribution is 0.413. The van der Waals surface area contributed by atoms with Gasteiger partial charge in [-0.2, -0.15) is 0 Å². The van der Waals surface area contributed by atoms with Crippen molar-refractivity contribution in [3.8, 4) is 5.75 Å². The second kappa shape index (κ2) is 4.11. The highest BCUT2D eigenvalue weighted by Gasteiger charge is 2.21. The van der Waals surface area contributed by atoms with Gasteiger partial charge < -0.3 is 15.4 Å². The highest BCUT2D eigenvalue weighted by Crippen LogP contribution is 2.31. The molecule has 1 aromatic rings. The van der Waals surface area contributed by atoms with Crippen LogP contribution in [0, 0.1) is 5.92 Å². The summed E-state index contributed by atoms with van der Waals surface area (Å²) < 4.78 is 5.23. The SMILES string of the molecule is COc1ccc2c(c1)C[C@H](CN)CN2C. The number of benzene rings is 1. The van der Waals surface area contributed by atoms with E-state index in [2.05, 4.69) is 24.1 Å². The second-order valence-electron chi connectivity index (χ2n) is 4.18. The van der Waals surface area contributed by atoms with E-state index in [0.29, 0.717) is 5.92 Å². The molecular formula is C12H18N2O. The predicted octanol–water partition coefficient (Wildman–Crippen LogP) is 1.26. The average molecular weight is 206 g/mol. The molecule has 15 heavy (non-hydrogen) atoms. The molecule has 2 N–H and O–H groups in total. The largest absolute Gasteiger partial charge is 0.497 e. The summed E-state index contributed by atoms with van der Waals surface area (Å²) in [6, 6.07) is 6.26. The molecule has 1 atom stereocenters. The molecule has 0 radical (unpaired) electrons. The normalized spacial score (nSPS) is 19.9. The minimum absolute atomic E-state index is 0.564. The van der Waals surface area contributed by atoms with E-state index in [1.54, 1.807) is 7.11 Å². The van der Waals surface area contributed by atoms with Crippen LogP contribution in [0.15, 0.2) is 18.2 Å². The van der Waals surface area contributed by atoms with Crippen LogP contribution in [0.3, 0.4) is 0 Å². The van der Waals surface area contributed by atoms with Gasteiger partial charge in [-0.15, -0.1) is 0 Å². The fourth-order valence-corrected chi connectivity index (χ4v) is 2.24. The quantitative estimate of drug-likeness (QED) is 0.791. The maximum absolute atomic E-state index is 5.74. The number of methoxy groups -OCH3 is 1. The number of fused-ring (bicyclic) bond motifs is 1. The van der Waals surface area contributed by atoms with Crippen LogP contribution in [-0.4, -0.2) is 27.2 Å². The van der Waals surface area contributed by atoms with Crippen molar-refractivity contribution in [2.24, 2.45) is 11.7 Å². The molecule has 0 fully saturated rings. The standard InChI is InChI=1S/C12H18N2O/c1-14-8-9(7-13)5-10-6-11(15-2)3-4-12(10)14/h3-4,6,9H,5,7-8,13H2,1-2H3/t9-/m1/s1. The van der Waals surface area contributed by atoms with E-state index < -0.39 is 0 Å². The molecule has 0 aliphatic carbocycles. The highest BCUT2D eigenvalue weighted by molar-refractivity contribution is 5.57. The summed E-state index contributed by atoms with van der Waals surface area (Å²) in [7, 11) is 3.82. The number of nitrogens with two attached hydrogens (primary N) is 1. The molecule has 2 rings (SSSR count). The van der Waals surface area contributed by atoms with Crippen LogP contribution in [0.5, 0.6) is 5.75 Å². The van der Waals surface area contributed by atoms with Crippen molar-refractivity contribution >= 4 is 5.69 Å². The third-order valence-electron chi connectivity index (χ3n) is 3.07. The fourth-order valence-electron chi connectivity index (χ4n) is 2.24. The molecule has 3 heteroatoms. The molecule has 1 heterocycles. The number of rotatable bonds is 2. The molecule has 1 aliphatic rings. The maximum atomic E-state index is 5.74. The summed E-state index contributed by atoms with van der Waals surface area (Å²) in [6.45, 7) is 1.80. The van der Waals surface area contributed by atoms with Crippen LogP contribution in [0.25, 0.3) is 0 Å². The molecular weight excluding hydrogens is 188 g/mol. The minimum Gasteiger partial charge on any atom is -0.497 e. The first-order valence-electron chi connectivity index (χ1n) is 5.32. The van der Waals surface area contributed by atoms with Crippen LogP contribution in [0.2, 0.25) is 0 Å². The van der Waals surface area contributed by atoms with Gasteiger partial charge in [0.2, 0.25) is 0 Å². The van der Waals surface area contributed by atoms with Crippen LogP contribution in [-0.2, 0) is 6.42 Å². The van der Waals surface area contributed by atoms with Crippen molar-refractivity contribution in [3.05, 3.63) is 23.8 Å². The summed E-state index contributed by atoms with van der Waals surface area (Å²) in [5.41, 5.74) is 8.39. The Morgan fingerprint density at radius 3 is 3.00 bits per heavy atom. The van der Waals surface area contributed by atoms with Crippen molar-refractivity contribution in [1.29, 1.82) is 0 Å². The summed E-state index contributed by atoms with van der Waals surface area (Å²) in [4.78, 5) is 2.27. The number of anilines is 1.